The number of carbonyl (C=O) groups is 2. The van der Waals surface area contributed by atoms with Crippen LogP contribution in [0.4, 0.5) is 0 Å². The molecule has 0 fully saturated rings. The number of halogens is 1. The molecule has 0 atom stereocenters. The molecule has 9 nitrogen and oxygen atoms in total. The average molecular weight is 339 g/mol. The lowest BCUT2D eigenvalue weighted by molar-refractivity contribution is 0.0842. The Morgan fingerprint density at radius 3 is 2.43 bits per heavy atom. The number of nitrogens with one attached hydrogen (secondary N) is 4. The maximum Gasteiger partial charge on any atom is 0.326 e. The number of aromatic amines is 2. The Morgan fingerprint density at radius 2 is 1.78 bits per heavy atom. The highest BCUT2D eigenvalue weighted by atomic mass is 35.5. The topological polar surface area (TPSA) is 133 Å². The minimum Gasteiger partial charge on any atom is -0.496 e. The SMILES string of the molecule is COc1ccc(Cl)cc1C(=O)NNC(=O)c1cc(=O)[nH]c(=O)[nH]1. The van der Waals surface area contributed by atoms with E-state index >= 15 is 0 Å². The molecule has 1 aromatic carbocycles. The van der Waals surface area contributed by atoms with Crippen molar-refractivity contribution >= 4 is 23.4 Å². The molecule has 4 N–H and O–H groups in total. The molecule has 0 aliphatic carbocycles. The van der Waals surface area contributed by atoms with Gasteiger partial charge in [0.05, 0.1) is 12.7 Å². The Bertz CT molecular complexity index is 845. The van der Waals surface area contributed by atoms with Crippen molar-refractivity contribution in [3.05, 3.63) is 61.4 Å². The molecule has 2 rings (SSSR count). The number of aromatic nitrogens is 2. The summed E-state index contributed by atoms with van der Waals surface area (Å²) in [6.45, 7) is 0. The van der Waals surface area contributed by atoms with Crippen molar-refractivity contribution in [1.82, 2.24) is 20.8 Å². The van der Waals surface area contributed by atoms with E-state index in [1.807, 2.05) is 4.98 Å². The number of benzene rings is 1. The average Bonchev–Trinajstić information content (AvgIpc) is 2.51. The summed E-state index contributed by atoms with van der Waals surface area (Å²) in [6.07, 6.45) is 0. The van der Waals surface area contributed by atoms with Crippen molar-refractivity contribution in [1.29, 1.82) is 0 Å². The molecule has 0 unspecified atom stereocenters. The van der Waals surface area contributed by atoms with E-state index in [2.05, 4.69) is 15.8 Å². The zero-order valence-corrected chi connectivity index (χ0v) is 12.5. The fourth-order valence-electron chi connectivity index (χ4n) is 1.70. The van der Waals surface area contributed by atoms with E-state index in [9.17, 15) is 19.2 Å². The highest BCUT2D eigenvalue weighted by Gasteiger charge is 2.15. The van der Waals surface area contributed by atoms with Gasteiger partial charge in [0, 0.05) is 11.1 Å². The molecule has 0 saturated carbocycles. The van der Waals surface area contributed by atoms with Gasteiger partial charge < -0.3 is 9.72 Å². The molecule has 0 bridgehead atoms. The number of amides is 2. The summed E-state index contributed by atoms with van der Waals surface area (Å²) in [6, 6.07) is 5.27. The first kappa shape index (κ1) is 16.3. The zero-order valence-electron chi connectivity index (χ0n) is 11.7. The Hall–Kier alpha value is -3.07. The van der Waals surface area contributed by atoms with Crippen LogP contribution in [-0.4, -0.2) is 28.9 Å². The summed E-state index contributed by atoms with van der Waals surface area (Å²) >= 11 is 5.81. The van der Waals surface area contributed by atoms with E-state index in [0.717, 1.165) is 6.07 Å². The molecule has 0 radical (unpaired) electrons. The van der Waals surface area contributed by atoms with Crippen molar-refractivity contribution in [3.63, 3.8) is 0 Å². The molecule has 1 heterocycles. The highest BCUT2D eigenvalue weighted by molar-refractivity contribution is 6.31. The molecule has 0 aliphatic rings. The van der Waals surface area contributed by atoms with Crippen LogP contribution in [0.3, 0.4) is 0 Å². The molecule has 10 heteroatoms. The van der Waals surface area contributed by atoms with Gasteiger partial charge in [0.1, 0.15) is 11.4 Å². The summed E-state index contributed by atoms with van der Waals surface area (Å²) < 4.78 is 5.02. The van der Waals surface area contributed by atoms with E-state index in [4.69, 9.17) is 16.3 Å². The lowest BCUT2D eigenvalue weighted by Crippen LogP contribution is -2.43. The maximum atomic E-state index is 12.0. The number of H-pyrrole nitrogens is 2. The minimum absolute atomic E-state index is 0.0969. The van der Waals surface area contributed by atoms with Crippen LogP contribution in [0.25, 0.3) is 0 Å². The Kier molecular flexibility index (Phi) is 4.82. The number of hydrogen-bond acceptors (Lipinski definition) is 5. The zero-order chi connectivity index (χ0) is 17.0. The van der Waals surface area contributed by atoms with E-state index in [1.54, 1.807) is 0 Å². The highest BCUT2D eigenvalue weighted by Crippen LogP contribution is 2.22. The van der Waals surface area contributed by atoms with E-state index in [1.165, 1.54) is 25.3 Å². The largest absolute Gasteiger partial charge is 0.496 e. The quantitative estimate of drug-likeness (QED) is 0.575. The first-order valence-corrected chi connectivity index (χ1v) is 6.56. The molecular formula is C13H11ClN4O5. The van der Waals surface area contributed by atoms with Gasteiger partial charge in [-0.3, -0.25) is 30.2 Å². The molecule has 1 aromatic heterocycles. The summed E-state index contributed by atoms with van der Waals surface area (Å²) in [5.41, 5.74) is 2.39. The fraction of sp³-hybridized carbons (Fsp3) is 0.0769. The van der Waals surface area contributed by atoms with Gasteiger partial charge >= 0.3 is 5.69 Å². The lowest BCUT2D eigenvalue weighted by Gasteiger charge is -2.10. The van der Waals surface area contributed by atoms with Gasteiger partial charge in [0.2, 0.25) is 0 Å². The van der Waals surface area contributed by atoms with Crippen LogP contribution in [0.15, 0.2) is 33.9 Å². The van der Waals surface area contributed by atoms with Crippen molar-refractivity contribution in [2.45, 2.75) is 0 Å². The summed E-state index contributed by atoms with van der Waals surface area (Å²) in [5.74, 6) is -1.31. The summed E-state index contributed by atoms with van der Waals surface area (Å²) in [5, 5.41) is 0.307. The first-order valence-electron chi connectivity index (χ1n) is 6.18. The lowest BCUT2D eigenvalue weighted by atomic mass is 10.2. The number of ether oxygens (including phenoxy) is 1. The number of hydrazine groups is 1. The van der Waals surface area contributed by atoms with Gasteiger partial charge in [-0.05, 0) is 18.2 Å². The molecular weight excluding hydrogens is 328 g/mol. The monoisotopic (exact) mass is 338 g/mol. The van der Waals surface area contributed by atoms with Crippen LogP contribution in [0.2, 0.25) is 5.02 Å². The second-order valence-corrected chi connectivity index (χ2v) is 4.69. The van der Waals surface area contributed by atoms with Crippen molar-refractivity contribution in [2.24, 2.45) is 0 Å². The third-order valence-corrected chi connectivity index (χ3v) is 2.94. The standard InChI is InChI=1S/C13H11ClN4O5/c1-23-9-3-2-6(14)4-7(9)11(20)17-18-12(21)8-5-10(19)16-13(22)15-8/h2-5H,1H3,(H,17,20)(H,18,21)(H2,15,16,19,22). The minimum atomic E-state index is -0.873. The van der Waals surface area contributed by atoms with E-state index < -0.39 is 23.1 Å². The second kappa shape index (κ2) is 6.79. The predicted molar refractivity (Wildman–Crippen MR) is 80.6 cm³/mol. The van der Waals surface area contributed by atoms with Crippen LogP contribution in [0.5, 0.6) is 5.75 Å². The van der Waals surface area contributed by atoms with Crippen molar-refractivity contribution in [3.8, 4) is 5.75 Å². The Morgan fingerprint density at radius 1 is 1.09 bits per heavy atom. The molecule has 0 spiro atoms. The smallest absolute Gasteiger partial charge is 0.326 e. The summed E-state index contributed by atoms with van der Waals surface area (Å²) in [7, 11) is 1.37. The number of carbonyl (C=O) groups excluding carboxylic acids is 2. The maximum absolute atomic E-state index is 12.0. The number of rotatable bonds is 3. The molecule has 23 heavy (non-hydrogen) atoms. The molecule has 0 saturated heterocycles. The Balaban J connectivity index is 2.13. The van der Waals surface area contributed by atoms with Crippen LogP contribution < -0.4 is 26.8 Å². The van der Waals surface area contributed by atoms with Crippen molar-refractivity contribution in [2.75, 3.05) is 7.11 Å². The van der Waals surface area contributed by atoms with Gasteiger partial charge in [0.15, 0.2) is 0 Å². The van der Waals surface area contributed by atoms with E-state index in [-0.39, 0.29) is 17.0 Å². The van der Waals surface area contributed by atoms with Crippen LogP contribution in [0.1, 0.15) is 20.8 Å². The van der Waals surface area contributed by atoms with Crippen LogP contribution in [-0.2, 0) is 0 Å². The second-order valence-electron chi connectivity index (χ2n) is 4.25. The van der Waals surface area contributed by atoms with E-state index in [0.29, 0.717) is 5.02 Å². The Labute approximate surface area is 133 Å². The van der Waals surface area contributed by atoms with Gasteiger partial charge in [-0.2, -0.15) is 0 Å². The number of hydrogen-bond donors (Lipinski definition) is 4. The predicted octanol–water partition coefficient (Wildman–Crippen LogP) is -0.200. The van der Waals surface area contributed by atoms with Gasteiger partial charge in [-0.25, -0.2) is 4.79 Å². The normalized spacial score (nSPS) is 10.0. The molecule has 2 amide bonds. The van der Waals surface area contributed by atoms with Crippen LogP contribution >= 0.6 is 11.6 Å². The molecule has 2 aromatic rings. The summed E-state index contributed by atoms with van der Waals surface area (Å²) in [4.78, 5) is 50.1. The molecule has 120 valence electrons. The van der Waals surface area contributed by atoms with Gasteiger partial charge in [-0.15, -0.1) is 0 Å². The number of methoxy groups -OCH3 is 1. The van der Waals surface area contributed by atoms with Crippen molar-refractivity contribution < 1.29 is 14.3 Å². The van der Waals surface area contributed by atoms with Gasteiger partial charge in [0.25, 0.3) is 17.4 Å². The molecule has 0 aliphatic heterocycles. The fourth-order valence-corrected chi connectivity index (χ4v) is 1.87. The first-order chi connectivity index (χ1) is 10.9. The third-order valence-electron chi connectivity index (χ3n) is 2.70. The third kappa shape index (κ3) is 3.98. The van der Waals surface area contributed by atoms with Crippen LogP contribution in [0, 0.1) is 0 Å². The van der Waals surface area contributed by atoms with Gasteiger partial charge in [-0.1, -0.05) is 11.6 Å².